The summed E-state index contributed by atoms with van der Waals surface area (Å²) in [4.78, 5) is 11.4. The molecule has 1 aromatic heterocycles. The minimum Gasteiger partial charge on any atom is -0.387 e. The number of aryl methyl sites for hydroxylation is 1. The lowest BCUT2D eigenvalue weighted by molar-refractivity contribution is 0.0956. The Balaban J connectivity index is 2.53. The standard InChI is InChI=1S/C9H12N2O2/c1-11-5-3-6-8(11)7(12)2-4-10-9(6)13/h3,5,7,12H,2,4H2,1H3,(H,10,13). The molecular weight excluding hydrogens is 168 g/mol. The van der Waals surface area contributed by atoms with Gasteiger partial charge in [-0.2, -0.15) is 0 Å². The van der Waals surface area contributed by atoms with Gasteiger partial charge in [0.1, 0.15) is 0 Å². The lowest BCUT2D eigenvalue weighted by atomic mass is 10.1. The molecule has 0 spiro atoms. The van der Waals surface area contributed by atoms with Crippen molar-refractivity contribution >= 4 is 5.91 Å². The van der Waals surface area contributed by atoms with Gasteiger partial charge >= 0.3 is 0 Å². The van der Waals surface area contributed by atoms with Crippen LogP contribution in [0.4, 0.5) is 0 Å². The number of aromatic nitrogens is 1. The van der Waals surface area contributed by atoms with Crippen LogP contribution in [0.25, 0.3) is 0 Å². The largest absolute Gasteiger partial charge is 0.387 e. The van der Waals surface area contributed by atoms with E-state index in [4.69, 9.17) is 0 Å². The van der Waals surface area contributed by atoms with Gasteiger partial charge < -0.3 is 15.0 Å². The molecule has 2 N–H and O–H groups in total. The zero-order valence-corrected chi connectivity index (χ0v) is 7.45. The molecule has 0 bridgehead atoms. The van der Waals surface area contributed by atoms with Crippen LogP contribution in [0, 0.1) is 0 Å². The van der Waals surface area contributed by atoms with E-state index in [1.54, 1.807) is 16.8 Å². The van der Waals surface area contributed by atoms with Crippen molar-refractivity contribution in [2.24, 2.45) is 7.05 Å². The second kappa shape index (κ2) is 2.88. The smallest absolute Gasteiger partial charge is 0.253 e. The normalized spacial score (nSPS) is 22.0. The van der Waals surface area contributed by atoms with Gasteiger partial charge in [0.05, 0.1) is 17.4 Å². The molecule has 1 atom stereocenters. The van der Waals surface area contributed by atoms with Gasteiger partial charge in [0, 0.05) is 19.8 Å². The van der Waals surface area contributed by atoms with Crippen LogP contribution >= 0.6 is 0 Å². The predicted octanol–water partition coefficient (Wildman–Crippen LogP) is 0.192. The summed E-state index contributed by atoms with van der Waals surface area (Å²) in [5.74, 6) is -0.0906. The first-order valence-corrected chi connectivity index (χ1v) is 4.31. The fraction of sp³-hybridized carbons (Fsp3) is 0.444. The Morgan fingerprint density at radius 3 is 3.23 bits per heavy atom. The van der Waals surface area contributed by atoms with Gasteiger partial charge in [-0.05, 0) is 12.5 Å². The topological polar surface area (TPSA) is 54.3 Å². The molecular formula is C9H12N2O2. The molecule has 0 saturated carbocycles. The Hall–Kier alpha value is -1.29. The number of aliphatic hydroxyl groups excluding tert-OH is 1. The zero-order chi connectivity index (χ0) is 9.42. The van der Waals surface area contributed by atoms with Crippen molar-refractivity contribution in [1.82, 2.24) is 9.88 Å². The van der Waals surface area contributed by atoms with Gasteiger partial charge in [0.2, 0.25) is 0 Å². The number of amides is 1. The third-order valence-electron chi connectivity index (χ3n) is 2.38. The SMILES string of the molecule is Cn1ccc2c1C(O)CCNC2=O. The maximum atomic E-state index is 11.4. The highest BCUT2D eigenvalue weighted by Crippen LogP contribution is 2.23. The summed E-state index contributed by atoms with van der Waals surface area (Å²) in [6.45, 7) is 0.536. The van der Waals surface area contributed by atoms with Gasteiger partial charge in [-0.15, -0.1) is 0 Å². The number of rotatable bonds is 0. The number of aliphatic hydroxyl groups is 1. The van der Waals surface area contributed by atoms with E-state index in [9.17, 15) is 9.90 Å². The van der Waals surface area contributed by atoms with Gasteiger partial charge in [0.25, 0.3) is 5.91 Å². The second-order valence-electron chi connectivity index (χ2n) is 3.29. The quantitative estimate of drug-likeness (QED) is 0.599. The van der Waals surface area contributed by atoms with Gasteiger partial charge in [0.15, 0.2) is 0 Å². The van der Waals surface area contributed by atoms with E-state index in [0.29, 0.717) is 18.5 Å². The van der Waals surface area contributed by atoms with Crippen LogP contribution in [0.15, 0.2) is 12.3 Å². The molecule has 0 aromatic carbocycles. The molecule has 1 amide bonds. The summed E-state index contributed by atoms with van der Waals surface area (Å²) in [5.41, 5.74) is 1.31. The molecule has 1 aromatic rings. The van der Waals surface area contributed by atoms with Crippen LogP contribution in [0.3, 0.4) is 0 Å². The van der Waals surface area contributed by atoms with Gasteiger partial charge in [-0.3, -0.25) is 4.79 Å². The lowest BCUT2D eigenvalue weighted by Gasteiger charge is -2.09. The summed E-state index contributed by atoms with van der Waals surface area (Å²) in [6.07, 6.45) is 1.84. The van der Waals surface area contributed by atoms with E-state index in [1.165, 1.54) is 0 Å². The van der Waals surface area contributed by atoms with Crippen LogP contribution in [0.1, 0.15) is 28.6 Å². The Kier molecular flexibility index (Phi) is 1.84. The van der Waals surface area contributed by atoms with E-state index < -0.39 is 6.10 Å². The highest BCUT2D eigenvalue weighted by atomic mass is 16.3. The molecule has 1 unspecified atom stereocenters. The average molecular weight is 180 g/mol. The number of hydrogen-bond acceptors (Lipinski definition) is 2. The summed E-state index contributed by atoms with van der Waals surface area (Å²) in [6, 6.07) is 1.74. The lowest BCUT2D eigenvalue weighted by Crippen LogP contribution is -2.22. The first kappa shape index (κ1) is 8.31. The van der Waals surface area contributed by atoms with Crippen LogP contribution in [-0.2, 0) is 7.05 Å². The van der Waals surface area contributed by atoms with Crippen molar-refractivity contribution < 1.29 is 9.90 Å². The van der Waals surface area contributed by atoms with Crippen LogP contribution < -0.4 is 5.32 Å². The predicted molar refractivity (Wildman–Crippen MR) is 47.3 cm³/mol. The molecule has 1 aliphatic rings. The van der Waals surface area contributed by atoms with E-state index >= 15 is 0 Å². The van der Waals surface area contributed by atoms with Crippen molar-refractivity contribution in [2.75, 3.05) is 6.54 Å². The first-order valence-electron chi connectivity index (χ1n) is 4.31. The fourth-order valence-electron chi connectivity index (χ4n) is 1.70. The van der Waals surface area contributed by atoms with Crippen molar-refractivity contribution in [2.45, 2.75) is 12.5 Å². The van der Waals surface area contributed by atoms with E-state index in [1.807, 2.05) is 7.05 Å². The minimum absolute atomic E-state index is 0.0906. The highest BCUT2D eigenvalue weighted by Gasteiger charge is 2.23. The van der Waals surface area contributed by atoms with E-state index in [2.05, 4.69) is 5.32 Å². The maximum Gasteiger partial charge on any atom is 0.253 e. The molecule has 0 aliphatic carbocycles. The molecule has 1 aliphatic heterocycles. The second-order valence-corrected chi connectivity index (χ2v) is 3.29. The van der Waals surface area contributed by atoms with E-state index in [0.717, 1.165) is 5.69 Å². The summed E-state index contributed by atoms with van der Waals surface area (Å²) < 4.78 is 1.80. The Morgan fingerprint density at radius 2 is 2.46 bits per heavy atom. The van der Waals surface area contributed by atoms with Crippen LogP contribution in [-0.4, -0.2) is 22.1 Å². The summed E-state index contributed by atoms with van der Waals surface area (Å²) in [7, 11) is 1.83. The molecule has 70 valence electrons. The Bertz CT molecular complexity index is 343. The minimum atomic E-state index is -0.533. The number of hydrogen-bond donors (Lipinski definition) is 2. The number of carbonyl (C=O) groups is 1. The van der Waals surface area contributed by atoms with Crippen molar-refractivity contribution in [3.63, 3.8) is 0 Å². The third kappa shape index (κ3) is 1.23. The Morgan fingerprint density at radius 1 is 1.69 bits per heavy atom. The molecule has 0 radical (unpaired) electrons. The first-order chi connectivity index (χ1) is 6.20. The molecule has 0 saturated heterocycles. The number of fused-ring (bicyclic) bond motifs is 1. The van der Waals surface area contributed by atoms with Crippen LogP contribution in [0.2, 0.25) is 0 Å². The molecule has 2 heterocycles. The van der Waals surface area contributed by atoms with Crippen molar-refractivity contribution in [3.05, 3.63) is 23.5 Å². The zero-order valence-electron chi connectivity index (χ0n) is 7.45. The summed E-state index contributed by atoms with van der Waals surface area (Å²) >= 11 is 0. The van der Waals surface area contributed by atoms with Crippen LogP contribution in [0.5, 0.6) is 0 Å². The Labute approximate surface area is 76.2 Å². The third-order valence-corrected chi connectivity index (χ3v) is 2.38. The van der Waals surface area contributed by atoms with Gasteiger partial charge in [-0.25, -0.2) is 0 Å². The molecule has 4 nitrogen and oxygen atoms in total. The van der Waals surface area contributed by atoms with Crippen molar-refractivity contribution in [1.29, 1.82) is 0 Å². The van der Waals surface area contributed by atoms with Gasteiger partial charge in [-0.1, -0.05) is 0 Å². The number of carbonyl (C=O) groups excluding carboxylic acids is 1. The van der Waals surface area contributed by atoms with Crippen molar-refractivity contribution in [3.8, 4) is 0 Å². The molecule has 13 heavy (non-hydrogen) atoms. The molecule has 2 rings (SSSR count). The average Bonchev–Trinajstić information content (AvgIpc) is 2.40. The summed E-state index contributed by atoms with van der Waals surface area (Å²) in [5, 5.41) is 12.4. The molecule has 4 heteroatoms. The maximum absolute atomic E-state index is 11.4. The monoisotopic (exact) mass is 180 g/mol. The fourth-order valence-corrected chi connectivity index (χ4v) is 1.70. The highest BCUT2D eigenvalue weighted by molar-refractivity contribution is 5.95. The molecule has 0 fully saturated rings. The number of nitrogens with one attached hydrogen (secondary N) is 1. The number of nitrogens with zero attached hydrogens (tertiary/aromatic N) is 1. The van der Waals surface area contributed by atoms with E-state index in [-0.39, 0.29) is 5.91 Å².